The van der Waals surface area contributed by atoms with E-state index in [2.05, 4.69) is 5.32 Å². The largest absolute Gasteiger partial charge is 0.496 e. The molecule has 0 aromatic heterocycles. The SMILES string of the molecule is COc1ccc(C)cc1[C@@H](C)NC(=O)c1ccc(S(=O)(=O)N(C)OC)cc1. The minimum absolute atomic E-state index is 0.0387. The smallest absolute Gasteiger partial charge is 0.264 e. The van der Waals surface area contributed by atoms with Gasteiger partial charge in [-0.2, -0.15) is 0 Å². The number of sulfonamides is 1. The van der Waals surface area contributed by atoms with E-state index in [1.807, 2.05) is 32.0 Å². The number of rotatable bonds is 7. The first-order chi connectivity index (χ1) is 12.7. The number of amides is 1. The van der Waals surface area contributed by atoms with E-state index in [4.69, 9.17) is 9.57 Å². The van der Waals surface area contributed by atoms with Gasteiger partial charge in [0, 0.05) is 18.2 Å². The number of aryl methyl sites for hydroxylation is 1. The second-order valence-corrected chi connectivity index (χ2v) is 8.00. The predicted molar refractivity (Wildman–Crippen MR) is 102 cm³/mol. The second kappa shape index (κ2) is 8.51. The van der Waals surface area contributed by atoms with Crippen molar-refractivity contribution in [3.05, 3.63) is 59.2 Å². The summed E-state index contributed by atoms with van der Waals surface area (Å²) in [6.07, 6.45) is 0. The van der Waals surface area contributed by atoms with Gasteiger partial charge >= 0.3 is 0 Å². The maximum Gasteiger partial charge on any atom is 0.264 e. The van der Waals surface area contributed by atoms with Gasteiger partial charge in [-0.15, -0.1) is 0 Å². The molecule has 0 aliphatic rings. The lowest BCUT2D eigenvalue weighted by Gasteiger charge is -2.18. The van der Waals surface area contributed by atoms with Crippen LogP contribution in [0.25, 0.3) is 0 Å². The Balaban J connectivity index is 2.18. The lowest BCUT2D eigenvalue weighted by atomic mass is 10.0. The van der Waals surface area contributed by atoms with Crippen LogP contribution >= 0.6 is 0 Å². The summed E-state index contributed by atoms with van der Waals surface area (Å²) in [4.78, 5) is 17.3. The highest BCUT2D eigenvalue weighted by molar-refractivity contribution is 7.89. The minimum atomic E-state index is -3.75. The molecule has 0 heterocycles. The van der Waals surface area contributed by atoms with Crippen LogP contribution in [-0.2, 0) is 14.9 Å². The van der Waals surface area contributed by atoms with Crippen molar-refractivity contribution in [3.8, 4) is 5.75 Å². The van der Waals surface area contributed by atoms with E-state index < -0.39 is 10.0 Å². The first-order valence-electron chi connectivity index (χ1n) is 8.29. The monoisotopic (exact) mass is 392 g/mol. The number of benzene rings is 2. The van der Waals surface area contributed by atoms with Crippen molar-refractivity contribution in [2.75, 3.05) is 21.3 Å². The number of hydroxylamine groups is 1. The molecule has 0 bridgehead atoms. The van der Waals surface area contributed by atoms with Gasteiger partial charge in [0.2, 0.25) is 0 Å². The van der Waals surface area contributed by atoms with Gasteiger partial charge in [-0.3, -0.25) is 9.63 Å². The summed E-state index contributed by atoms with van der Waals surface area (Å²) in [5, 5.41) is 2.90. The quantitative estimate of drug-likeness (QED) is 0.733. The fourth-order valence-electron chi connectivity index (χ4n) is 2.57. The van der Waals surface area contributed by atoms with Crippen molar-refractivity contribution in [3.63, 3.8) is 0 Å². The molecule has 27 heavy (non-hydrogen) atoms. The number of ether oxygens (including phenoxy) is 1. The Bertz CT molecular complexity index is 910. The van der Waals surface area contributed by atoms with Crippen LogP contribution in [0.4, 0.5) is 0 Å². The van der Waals surface area contributed by atoms with E-state index in [-0.39, 0.29) is 16.8 Å². The summed E-state index contributed by atoms with van der Waals surface area (Å²) in [6.45, 7) is 3.83. The van der Waals surface area contributed by atoms with E-state index in [0.717, 1.165) is 15.6 Å². The van der Waals surface area contributed by atoms with Crippen LogP contribution in [0.15, 0.2) is 47.4 Å². The molecule has 1 N–H and O–H groups in total. The fourth-order valence-corrected chi connectivity index (χ4v) is 3.55. The summed E-state index contributed by atoms with van der Waals surface area (Å²) in [5.74, 6) is 0.382. The third-order valence-corrected chi connectivity index (χ3v) is 5.90. The van der Waals surface area contributed by atoms with Crippen LogP contribution in [0.3, 0.4) is 0 Å². The van der Waals surface area contributed by atoms with E-state index in [1.54, 1.807) is 7.11 Å². The second-order valence-electron chi connectivity index (χ2n) is 6.06. The Kier molecular flexibility index (Phi) is 6.59. The normalized spacial score (nSPS) is 12.7. The standard InChI is InChI=1S/C19H24N2O5S/c1-13-6-11-18(25-4)17(12-13)14(2)20-19(22)15-7-9-16(10-8-15)27(23,24)21(3)26-5/h6-12,14H,1-5H3,(H,20,22)/t14-/m1/s1. The highest BCUT2D eigenvalue weighted by Gasteiger charge is 2.21. The summed E-state index contributed by atoms with van der Waals surface area (Å²) in [5.41, 5.74) is 2.28. The molecule has 1 amide bonds. The van der Waals surface area contributed by atoms with E-state index >= 15 is 0 Å². The number of hydrogen-bond acceptors (Lipinski definition) is 5. The van der Waals surface area contributed by atoms with E-state index in [9.17, 15) is 13.2 Å². The zero-order chi connectivity index (χ0) is 20.2. The van der Waals surface area contributed by atoms with Crippen LogP contribution in [0.5, 0.6) is 5.75 Å². The Morgan fingerprint density at radius 3 is 2.30 bits per heavy atom. The molecular formula is C19H24N2O5S. The minimum Gasteiger partial charge on any atom is -0.496 e. The van der Waals surface area contributed by atoms with Crippen molar-refractivity contribution in [1.82, 2.24) is 9.79 Å². The van der Waals surface area contributed by atoms with Crippen molar-refractivity contribution in [1.29, 1.82) is 0 Å². The van der Waals surface area contributed by atoms with Gasteiger partial charge in [0.1, 0.15) is 5.75 Å². The van der Waals surface area contributed by atoms with Crippen LogP contribution in [-0.4, -0.2) is 40.1 Å². The first-order valence-corrected chi connectivity index (χ1v) is 9.73. The molecule has 0 fully saturated rings. The van der Waals surface area contributed by atoms with Gasteiger partial charge in [0.25, 0.3) is 15.9 Å². The van der Waals surface area contributed by atoms with E-state index in [0.29, 0.717) is 11.3 Å². The van der Waals surface area contributed by atoms with Gasteiger partial charge in [0.05, 0.1) is 25.2 Å². The van der Waals surface area contributed by atoms with Crippen LogP contribution in [0.1, 0.15) is 34.5 Å². The molecule has 2 aromatic carbocycles. The highest BCUT2D eigenvalue weighted by Crippen LogP contribution is 2.26. The molecule has 7 nitrogen and oxygen atoms in total. The molecule has 146 valence electrons. The fraction of sp³-hybridized carbons (Fsp3) is 0.316. The molecule has 8 heteroatoms. The van der Waals surface area contributed by atoms with Gasteiger partial charge in [-0.05, 0) is 44.2 Å². The zero-order valence-electron chi connectivity index (χ0n) is 16.0. The zero-order valence-corrected chi connectivity index (χ0v) is 16.8. The van der Waals surface area contributed by atoms with E-state index in [1.165, 1.54) is 38.4 Å². The maximum absolute atomic E-state index is 12.5. The number of nitrogens with one attached hydrogen (secondary N) is 1. The Morgan fingerprint density at radius 1 is 1.11 bits per heavy atom. The average Bonchev–Trinajstić information content (AvgIpc) is 2.67. The summed E-state index contributed by atoms with van der Waals surface area (Å²) in [7, 11) is 0.396. The predicted octanol–water partition coefficient (Wildman–Crippen LogP) is 2.68. The third-order valence-electron chi connectivity index (χ3n) is 4.21. The summed E-state index contributed by atoms with van der Waals surface area (Å²) < 4.78 is 30.5. The van der Waals surface area contributed by atoms with Crippen molar-refractivity contribution in [2.24, 2.45) is 0 Å². The molecule has 0 radical (unpaired) electrons. The Hall–Kier alpha value is -2.42. The topological polar surface area (TPSA) is 84.9 Å². The molecule has 0 saturated heterocycles. The van der Waals surface area contributed by atoms with Gasteiger partial charge < -0.3 is 10.1 Å². The van der Waals surface area contributed by atoms with Crippen LogP contribution in [0.2, 0.25) is 0 Å². The molecule has 0 unspecified atom stereocenters. The number of carbonyl (C=O) groups excluding carboxylic acids is 1. The lowest BCUT2D eigenvalue weighted by Crippen LogP contribution is -2.27. The van der Waals surface area contributed by atoms with Crippen molar-refractivity contribution >= 4 is 15.9 Å². The molecule has 1 atom stereocenters. The molecule has 0 aliphatic heterocycles. The highest BCUT2D eigenvalue weighted by atomic mass is 32.2. The number of hydrogen-bond donors (Lipinski definition) is 1. The molecule has 2 rings (SSSR count). The number of nitrogens with zero attached hydrogens (tertiary/aromatic N) is 1. The third kappa shape index (κ3) is 4.65. The summed E-state index contributed by atoms with van der Waals surface area (Å²) >= 11 is 0. The molecule has 2 aromatic rings. The van der Waals surface area contributed by atoms with Gasteiger partial charge in [0.15, 0.2) is 0 Å². The number of methoxy groups -OCH3 is 1. The van der Waals surface area contributed by atoms with Gasteiger partial charge in [-0.1, -0.05) is 22.2 Å². The van der Waals surface area contributed by atoms with Gasteiger partial charge in [-0.25, -0.2) is 8.42 Å². The number of carbonyl (C=O) groups is 1. The first kappa shape index (κ1) is 20.9. The molecule has 0 saturated carbocycles. The van der Waals surface area contributed by atoms with Crippen molar-refractivity contribution < 1.29 is 22.8 Å². The maximum atomic E-state index is 12.5. The van der Waals surface area contributed by atoms with Crippen molar-refractivity contribution in [2.45, 2.75) is 24.8 Å². The Morgan fingerprint density at radius 2 is 1.74 bits per heavy atom. The lowest BCUT2D eigenvalue weighted by molar-refractivity contribution is -0.0258. The van der Waals surface area contributed by atoms with Crippen LogP contribution < -0.4 is 10.1 Å². The summed E-state index contributed by atoms with van der Waals surface area (Å²) in [6, 6.07) is 11.1. The Labute approximate surface area is 159 Å². The average molecular weight is 392 g/mol. The van der Waals surface area contributed by atoms with Crippen LogP contribution in [0, 0.1) is 6.92 Å². The molecular weight excluding hydrogens is 368 g/mol. The molecule has 0 spiro atoms. The molecule has 0 aliphatic carbocycles.